The van der Waals surface area contributed by atoms with Crippen molar-refractivity contribution in [1.29, 1.82) is 0 Å². The van der Waals surface area contributed by atoms with Gasteiger partial charge in [-0.25, -0.2) is 0 Å². The van der Waals surface area contributed by atoms with E-state index in [9.17, 15) is 10.0 Å². The van der Waals surface area contributed by atoms with Gasteiger partial charge in [0.2, 0.25) is 0 Å². The van der Waals surface area contributed by atoms with Gasteiger partial charge in [0.25, 0.3) is 0 Å². The molecule has 1 aliphatic carbocycles. The molecule has 0 saturated carbocycles. The molecule has 3 nitrogen and oxygen atoms in total. The molecule has 2 rings (SSSR count). The lowest BCUT2D eigenvalue weighted by Gasteiger charge is -2.12. The Kier molecular flexibility index (Phi) is 1.57. The lowest BCUT2D eigenvalue weighted by atomic mass is 9.93. The van der Waals surface area contributed by atoms with Crippen LogP contribution >= 0.6 is 0 Å². The molecule has 0 radical (unpaired) electrons. The maximum absolute atomic E-state index is 11.3. The summed E-state index contributed by atoms with van der Waals surface area (Å²) in [6, 6.07) is 1.74. The first-order valence-electron chi connectivity index (χ1n) is 4.02. The highest BCUT2D eigenvalue weighted by Crippen LogP contribution is 2.18. The van der Waals surface area contributed by atoms with E-state index < -0.39 is 0 Å². The molecular formula is C9H9NO2. The monoisotopic (exact) mass is 163 g/mol. The third-order valence-corrected chi connectivity index (χ3v) is 2.18. The van der Waals surface area contributed by atoms with Crippen molar-refractivity contribution in [3.63, 3.8) is 0 Å². The Balaban J connectivity index is 2.54. The van der Waals surface area contributed by atoms with Crippen molar-refractivity contribution in [3.8, 4) is 0 Å². The molecule has 3 heteroatoms. The minimum absolute atomic E-state index is 0.0986. The molecule has 0 spiro atoms. The number of nitrogens with zero attached hydrogens (tertiary/aromatic N) is 1. The number of aromatic nitrogens is 1. The summed E-state index contributed by atoms with van der Waals surface area (Å²) in [7, 11) is 0. The third-order valence-electron chi connectivity index (χ3n) is 2.18. The highest BCUT2D eigenvalue weighted by molar-refractivity contribution is 5.97. The maximum Gasteiger partial charge on any atom is 0.191 e. The number of rotatable bonds is 0. The lowest BCUT2D eigenvalue weighted by Crippen LogP contribution is -2.28. The normalized spacial score (nSPS) is 15.8. The number of fused-ring (bicyclic) bond motifs is 1. The zero-order chi connectivity index (χ0) is 8.55. The molecule has 0 fully saturated rings. The molecule has 0 saturated heterocycles. The minimum atomic E-state index is 0.0986. The van der Waals surface area contributed by atoms with Crippen LogP contribution in [0.5, 0.6) is 0 Å². The van der Waals surface area contributed by atoms with Gasteiger partial charge in [-0.1, -0.05) is 0 Å². The van der Waals surface area contributed by atoms with Crippen molar-refractivity contribution in [3.05, 3.63) is 34.8 Å². The van der Waals surface area contributed by atoms with Gasteiger partial charge in [0, 0.05) is 12.5 Å². The second-order valence-corrected chi connectivity index (χ2v) is 3.02. The lowest BCUT2D eigenvalue weighted by molar-refractivity contribution is -0.605. The van der Waals surface area contributed by atoms with Crippen LogP contribution < -0.4 is 4.73 Å². The summed E-state index contributed by atoms with van der Waals surface area (Å²) < 4.78 is 0.683. The van der Waals surface area contributed by atoms with E-state index in [4.69, 9.17) is 0 Å². The van der Waals surface area contributed by atoms with E-state index in [0.29, 0.717) is 16.7 Å². The Hall–Kier alpha value is -1.38. The van der Waals surface area contributed by atoms with Gasteiger partial charge in [0.05, 0.1) is 5.56 Å². The van der Waals surface area contributed by atoms with Crippen molar-refractivity contribution in [2.24, 2.45) is 0 Å². The molecule has 0 amide bonds. The summed E-state index contributed by atoms with van der Waals surface area (Å²) in [6.07, 6.45) is 5.22. The molecule has 1 aromatic heterocycles. The van der Waals surface area contributed by atoms with E-state index in [1.807, 2.05) is 0 Å². The fourth-order valence-corrected chi connectivity index (χ4v) is 1.55. The van der Waals surface area contributed by atoms with Crippen molar-refractivity contribution in [2.75, 3.05) is 0 Å². The largest absolute Gasteiger partial charge is 0.619 e. The van der Waals surface area contributed by atoms with Crippen molar-refractivity contribution in [2.45, 2.75) is 19.3 Å². The van der Waals surface area contributed by atoms with Gasteiger partial charge in [-0.05, 0) is 18.4 Å². The van der Waals surface area contributed by atoms with E-state index >= 15 is 0 Å². The van der Waals surface area contributed by atoms with Gasteiger partial charge in [0.1, 0.15) is 0 Å². The molecule has 0 aromatic carbocycles. The molecular weight excluding hydrogens is 154 g/mol. The molecule has 0 aliphatic heterocycles. The van der Waals surface area contributed by atoms with Crippen LogP contribution in [-0.2, 0) is 6.42 Å². The average molecular weight is 163 g/mol. The summed E-state index contributed by atoms with van der Waals surface area (Å²) >= 11 is 0. The van der Waals surface area contributed by atoms with Crippen molar-refractivity contribution < 1.29 is 9.52 Å². The number of aryl methyl sites for hydroxylation is 1. The van der Waals surface area contributed by atoms with Crippen molar-refractivity contribution >= 4 is 5.78 Å². The number of carbonyl (C=O) groups excluding carboxylic acids is 1. The topological polar surface area (TPSA) is 44.0 Å². The Morgan fingerprint density at radius 1 is 1.42 bits per heavy atom. The Morgan fingerprint density at radius 2 is 2.25 bits per heavy atom. The Morgan fingerprint density at radius 3 is 3.08 bits per heavy atom. The first kappa shape index (κ1) is 7.28. The number of carbonyl (C=O) groups is 1. The SMILES string of the molecule is O=C1CCCc2cc[n+]([O-])cc21. The highest BCUT2D eigenvalue weighted by Gasteiger charge is 2.19. The predicted molar refractivity (Wildman–Crippen MR) is 42.7 cm³/mol. The highest BCUT2D eigenvalue weighted by atomic mass is 16.5. The summed E-state index contributed by atoms with van der Waals surface area (Å²) in [5, 5.41) is 10.9. The van der Waals surface area contributed by atoms with Crippen LogP contribution in [0.1, 0.15) is 28.8 Å². The number of Topliss-reactive ketones (excluding diaryl/α,β-unsaturated/α-hetero) is 1. The van der Waals surface area contributed by atoms with Crippen LogP contribution in [0.15, 0.2) is 18.5 Å². The van der Waals surface area contributed by atoms with Crippen LogP contribution in [0, 0.1) is 5.21 Å². The van der Waals surface area contributed by atoms with E-state index in [1.165, 1.54) is 12.4 Å². The summed E-state index contributed by atoms with van der Waals surface area (Å²) in [5.41, 5.74) is 1.62. The predicted octanol–water partition coefficient (Wildman–Crippen LogP) is 0.839. The molecule has 1 aliphatic rings. The maximum atomic E-state index is 11.3. The summed E-state index contributed by atoms with van der Waals surface area (Å²) in [5.74, 6) is 0.0986. The van der Waals surface area contributed by atoms with Gasteiger partial charge < -0.3 is 5.21 Å². The Bertz CT molecular complexity index is 333. The van der Waals surface area contributed by atoms with Gasteiger partial charge >= 0.3 is 0 Å². The fraction of sp³-hybridized carbons (Fsp3) is 0.333. The standard InChI is InChI=1S/C9H9NO2/c11-9-3-1-2-7-4-5-10(12)6-8(7)9/h4-6H,1-3H2. The van der Waals surface area contributed by atoms with Crippen molar-refractivity contribution in [1.82, 2.24) is 0 Å². The molecule has 0 N–H and O–H groups in total. The first-order valence-corrected chi connectivity index (χ1v) is 4.02. The minimum Gasteiger partial charge on any atom is -0.619 e. The molecule has 1 heterocycles. The van der Waals surface area contributed by atoms with E-state index in [1.54, 1.807) is 6.07 Å². The molecule has 62 valence electrons. The van der Waals surface area contributed by atoms with Crippen LogP contribution in [0.25, 0.3) is 0 Å². The number of ketones is 1. The van der Waals surface area contributed by atoms with E-state index in [-0.39, 0.29) is 5.78 Å². The van der Waals surface area contributed by atoms with E-state index in [2.05, 4.69) is 0 Å². The fourth-order valence-electron chi connectivity index (χ4n) is 1.55. The number of hydrogen-bond acceptors (Lipinski definition) is 2. The van der Waals surface area contributed by atoms with Gasteiger partial charge in [-0.15, -0.1) is 0 Å². The second-order valence-electron chi connectivity index (χ2n) is 3.02. The molecule has 1 aromatic rings. The van der Waals surface area contributed by atoms with E-state index in [0.717, 1.165) is 18.4 Å². The number of hydrogen-bond donors (Lipinski definition) is 0. The van der Waals surface area contributed by atoms with Gasteiger partial charge in [0.15, 0.2) is 18.2 Å². The first-order chi connectivity index (χ1) is 5.77. The van der Waals surface area contributed by atoms with Gasteiger partial charge in [-0.2, -0.15) is 4.73 Å². The third kappa shape index (κ3) is 1.07. The zero-order valence-electron chi connectivity index (χ0n) is 6.62. The van der Waals surface area contributed by atoms with Crippen LogP contribution in [-0.4, -0.2) is 5.78 Å². The molecule has 0 bridgehead atoms. The smallest absolute Gasteiger partial charge is 0.191 e. The number of pyridine rings is 1. The molecule has 12 heavy (non-hydrogen) atoms. The Labute approximate surface area is 70.2 Å². The summed E-state index contributed by atoms with van der Waals surface area (Å²) in [6.45, 7) is 0. The van der Waals surface area contributed by atoms with Crippen LogP contribution in [0.2, 0.25) is 0 Å². The summed E-state index contributed by atoms with van der Waals surface area (Å²) in [4.78, 5) is 11.3. The van der Waals surface area contributed by atoms with Crippen LogP contribution in [0.3, 0.4) is 0 Å². The second kappa shape index (κ2) is 2.59. The van der Waals surface area contributed by atoms with Crippen LogP contribution in [0.4, 0.5) is 0 Å². The zero-order valence-corrected chi connectivity index (χ0v) is 6.62. The average Bonchev–Trinajstić information content (AvgIpc) is 2.07. The molecule has 0 unspecified atom stereocenters. The quantitative estimate of drug-likeness (QED) is 0.420. The molecule has 0 atom stereocenters. The van der Waals surface area contributed by atoms with Gasteiger partial charge in [-0.3, -0.25) is 4.79 Å².